The number of amides is 1. The molecule has 0 aliphatic carbocycles. The molecule has 0 N–H and O–H groups in total. The molecule has 0 bridgehead atoms. The third kappa shape index (κ3) is 4.51. The van der Waals surface area contributed by atoms with Gasteiger partial charge in [-0.25, -0.2) is 0 Å². The van der Waals surface area contributed by atoms with E-state index in [2.05, 4.69) is 22.0 Å². The largest absolute Gasteiger partial charge is 0.366 e. The van der Waals surface area contributed by atoms with Crippen LogP contribution < -0.4 is 4.90 Å². The Labute approximate surface area is 154 Å². The predicted molar refractivity (Wildman–Crippen MR) is 102 cm³/mol. The zero-order valence-corrected chi connectivity index (χ0v) is 15.4. The fourth-order valence-electron chi connectivity index (χ4n) is 3.35. The summed E-state index contributed by atoms with van der Waals surface area (Å²) in [5, 5.41) is 0.683. The molecule has 1 aromatic carbocycles. The van der Waals surface area contributed by atoms with Crippen LogP contribution in [-0.2, 0) is 11.2 Å². The lowest BCUT2D eigenvalue weighted by Crippen LogP contribution is -2.49. The van der Waals surface area contributed by atoms with Crippen LogP contribution in [0, 0.1) is 6.92 Å². The van der Waals surface area contributed by atoms with Crippen molar-refractivity contribution in [2.45, 2.75) is 26.2 Å². The number of carbonyl (C=O) groups is 1. The second-order valence-corrected chi connectivity index (χ2v) is 6.90. The standard InChI is InChI=1S/C20H24ClN3O/c1-16-14-22-15-18(21)20(16)24-12-10-23(11-13-24)19(25)9-5-8-17-6-3-2-4-7-17/h2-4,6-7,14-15H,5,8-13H2,1H3. The van der Waals surface area contributed by atoms with Crippen molar-refractivity contribution in [1.82, 2.24) is 9.88 Å². The maximum Gasteiger partial charge on any atom is 0.222 e. The summed E-state index contributed by atoms with van der Waals surface area (Å²) >= 11 is 6.30. The second-order valence-electron chi connectivity index (χ2n) is 6.49. The van der Waals surface area contributed by atoms with Gasteiger partial charge in [-0.15, -0.1) is 0 Å². The number of hydrogen-bond donors (Lipinski definition) is 0. The number of anilines is 1. The number of nitrogens with zero attached hydrogens (tertiary/aromatic N) is 3. The number of rotatable bonds is 5. The summed E-state index contributed by atoms with van der Waals surface area (Å²) in [5.74, 6) is 0.258. The highest BCUT2D eigenvalue weighted by Crippen LogP contribution is 2.29. The molecule has 2 aromatic rings. The molecule has 1 fully saturated rings. The molecule has 1 saturated heterocycles. The lowest BCUT2D eigenvalue weighted by atomic mass is 10.1. The van der Waals surface area contributed by atoms with Gasteiger partial charge < -0.3 is 9.80 Å². The fourth-order valence-corrected chi connectivity index (χ4v) is 3.68. The third-order valence-corrected chi connectivity index (χ3v) is 4.98. The topological polar surface area (TPSA) is 36.4 Å². The van der Waals surface area contributed by atoms with E-state index in [1.165, 1.54) is 5.56 Å². The highest BCUT2D eigenvalue weighted by molar-refractivity contribution is 6.33. The average Bonchev–Trinajstić information content (AvgIpc) is 2.63. The Balaban J connectivity index is 1.48. The lowest BCUT2D eigenvalue weighted by molar-refractivity contribution is -0.131. The van der Waals surface area contributed by atoms with Gasteiger partial charge in [0.2, 0.25) is 5.91 Å². The minimum absolute atomic E-state index is 0.258. The first-order valence-electron chi connectivity index (χ1n) is 8.82. The molecule has 1 aliphatic heterocycles. The molecular formula is C20H24ClN3O. The van der Waals surface area contributed by atoms with E-state index >= 15 is 0 Å². The Hall–Kier alpha value is -2.07. The Morgan fingerprint density at radius 2 is 1.84 bits per heavy atom. The van der Waals surface area contributed by atoms with E-state index in [4.69, 9.17) is 11.6 Å². The molecule has 0 spiro atoms. The van der Waals surface area contributed by atoms with Gasteiger partial charge in [0.25, 0.3) is 0 Å². The number of aromatic nitrogens is 1. The zero-order chi connectivity index (χ0) is 17.6. The molecule has 25 heavy (non-hydrogen) atoms. The lowest BCUT2D eigenvalue weighted by Gasteiger charge is -2.37. The van der Waals surface area contributed by atoms with E-state index in [1.807, 2.05) is 36.2 Å². The quantitative estimate of drug-likeness (QED) is 0.818. The number of benzene rings is 1. The highest BCUT2D eigenvalue weighted by Gasteiger charge is 2.23. The molecule has 0 radical (unpaired) electrons. The van der Waals surface area contributed by atoms with Crippen molar-refractivity contribution in [3.63, 3.8) is 0 Å². The van der Waals surface area contributed by atoms with Gasteiger partial charge in [-0.2, -0.15) is 0 Å². The van der Waals surface area contributed by atoms with E-state index in [0.29, 0.717) is 11.4 Å². The minimum Gasteiger partial charge on any atom is -0.366 e. The first kappa shape index (κ1) is 17.7. The Morgan fingerprint density at radius 1 is 1.12 bits per heavy atom. The van der Waals surface area contributed by atoms with Gasteiger partial charge >= 0.3 is 0 Å². The predicted octanol–water partition coefficient (Wildman–Crippen LogP) is 3.71. The van der Waals surface area contributed by atoms with Crippen molar-refractivity contribution in [2.75, 3.05) is 31.1 Å². The van der Waals surface area contributed by atoms with Gasteiger partial charge in [0.1, 0.15) is 0 Å². The minimum atomic E-state index is 0.258. The second kappa shape index (κ2) is 8.34. The molecule has 1 aliphatic rings. The first-order valence-corrected chi connectivity index (χ1v) is 9.19. The number of aryl methyl sites for hydroxylation is 2. The Bertz CT molecular complexity index is 692. The Morgan fingerprint density at radius 3 is 2.52 bits per heavy atom. The van der Waals surface area contributed by atoms with Crippen molar-refractivity contribution < 1.29 is 4.79 Å². The first-order chi connectivity index (χ1) is 12.1. The zero-order valence-electron chi connectivity index (χ0n) is 14.6. The third-order valence-electron chi connectivity index (χ3n) is 4.70. The average molecular weight is 358 g/mol. The molecule has 1 aromatic heterocycles. The normalized spacial score (nSPS) is 14.6. The molecule has 4 nitrogen and oxygen atoms in total. The molecular weight excluding hydrogens is 334 g/mol. The molecule has 2 heterocycles. The maximum atomic E-state index is 12.4. The van der Waals surface area contributed by atoms with E-state index in [9.17, 15) is 4.79 Å². The number of halogens is 1. The number of hydrogen-bond acceptors (Lipinski definition) is 3. The van der Waals surface area contributed by atoms with Crippen LogP contribution >= 0.6 is 11.6 Å². The van der Waals surface area contributed by atoms with E-state index < -0.39 is 0 Å². The van der Waals surface area contributed by atoms with Gasteiger partial charge in [-0.3, -0.25) is 9.78 Å². The van der Waals surface area contributed by atoms with Crippen LogP contribution in [-0.4, -0.2) is 42.0 Å². The van der Waals surface area contributed by atoms with Crippen molar-refractivity contribution in [2.24, 2.45) is 0 Å². The highest BCUT2D eigenvalue weighted by atomic mass is 35.5. The van der Waals surface area contributed by atoms with Crippen molar-refractivity contribution in [3.05, 3.63) is 58.9 Å². The van der Waals surface area contributed by atoms with Crippen LogP contribution in [0.15, 0.2) is 42.7 Å². The van der Waals surface area contributed by atoms with Crippen molar-refractivity contribution in [3.8, 4) is 0 Å². The monoisotopic (exact) mass is 357 g/mol. The van der Waals surface area contributed by atoms with Gasteiger partial charge in [-0.05, 0) is 30.9 Å². The molecule has 0 unspecified atom stereocenters. The Kier molecular flexibility index (Phi) is 5.92. The van der Waals surface area contributed by atoms with Crippen molar-refractivity contribution >= 4 is 23.2 Å². The summed E-state index contributed by atoms with van der Waals surface area (Å²) in [5.41, 5.74) is 3.42. The maximum absolute atomic E-state index is 12.4. The summed E-state index contributed by atoms with van der Waals surface area (Å²) in [7, 11) is 0. The van der Waals surface area contributed by atoms with E-state index in [0.717, 1.165) is 50.3 Å². The van der Waals surface area contributed by atoms with Gasteiger partial charge in [0, 0.05) is 45.0 Å². The summed E-state index contributed by atoms with van der Waals surface area (Å²) in [6.07, 6.45) is 5.99. The summed E-state index contributed by atoms with van der Waals surface area (Å²) < 4.78 is 0. The SMILES string of the molecule is Cc1cncc(Cl)c1N1CCN(C(=O)CCCc2ccccc2)CC1. The summed E-state index contributed by atoms with van der Waals surface area (Å²) in [6.45, 7) is 5.16. The summed E-state index contributed by atoms with van der Waals surface area (Å²) in [4.78, 5) is 20.8. The smallest absolute Gasteiger partial charge is 0.222 e. The summed E-state index contributed by atoms with van der Waals surface area (Å²) in [6, 6.07) is 10.3. The van der Waals surface area contributed by atoms with Gasteiger partial charge in [-0.1, -0.05) is 41.9 Å². The van der Waals surface area contributed by atoms with Gasteiger partial charge in [0.15, 0.2) is 0 Å². The van der Waals surface area contributed by atoms with Crippen LogP contribution in [0.5, 0.6) is 0 Å². The van der Waals surface area contributed by atoms with Gasteiger partial charge in [0.05, 0.1) is 10.7 Å². The number of carbonyl (C=O) groups excluding carboxylic acids is 1. The van der Waals surface area contributed by atoms with Crippen LogP contribution in [0.1, 0.15) is 24.0 Å². The molecule has 5 heteroatoms. The molecule has 3 rings (SSSR count). The molecule has 1 amide bonds. The van der Waals surface area contributed by atoms with E-state index in [1.54, 1.807) is 6.20 Å². The molecule has 0 saturated carbocycles. The van der Waals surface area contributed by atoms with E-state index in [-0.39, 0.29) is 5.91 Å². The van der Waals surface area contributed by atoms with Crippen LogP contribution in [0.25, 0.3) is 0 Å². The van der Waals surface area contributed by atoms with Crippen LogP contribution in [0.2, 0.25) is 5.02 Å². The van der Waals surface area contributed by atoms with Crippen LogP contribution in [0.3, 0.4) is 0 Å². The van der Waals surface area contributed by atoms with Crippen LogP contribution in [0.4, 0.5) is 5.69 Å². The number of pyridine rings is 1. The van der Waals surface area contributed by atoms with Crippen molar-refractivity contribution in [1.29, 1.82) is 0 Å². The fraction of sp³-hybridized carbons (Fsp3) is 0.400. The molecule has 0 atom stereocenters. The number of piperazine rings is 1. The molecule has 132 valence electrons.